The van der Waals surface area contributed by atoms with E-state index in [0.717, 1.165) is 12.0 Å². The summed E-state index contributed by atoms with van der Waals surface area (Å²) in [5.74, 6) is -0.866. The van der Waals surface area contributed by atoms with E-state index in [9.17, 15) is 9.59 Å². The SMILES string of the molecule is O=C(O)CNC(=O)c1ccc(OCCc2ccc(Cl)cc2)cc1. The molecule has 0 radical (unpaired) electrons. The Morgan fingerprint density at radius 2 is 1.70 bits per heavy atom. The van der Waals surface area contributed by atoms with Crippen molar-refractivity contribution in [1.82, 2.24) is 5.32 Å². The first-order valence-corrected chi connectivity index (χ1v) is 7.39. The zero-order valence-electron chi connectivity index (χ0n) is 12.3. The van der Waals surface area contributed by atoms with Crippen LogP contribution < -0.4 is 10.1 Å². The molecule has 0 unspecified atom stereocenters. The van der Waals surface area contributed by atoms with Gasteiger partial charge in [0, 0.05) is 17.0 Å². The number of carboxylic acid groups (broad SMARTS) is 1. The second-order valence-electron chi connectivity index (χ2n) is 4.83. The van der Waals surface area contributed by atoms with Crippen LogP contribution in [0.4, 0.5) is 0 Å². The lowest BCUT2D eigenvalue weighted by molar-refractivity contribution is -0.135. The highest BCUT2D eigenvalue weighted by atomic mass is 35.5. The predicted octanol–water partition coefficient (Wildman–Crippen LogP) is 2.78. The van der Waals surface area contributed by atoms with Crippen molar-refractivity contribution in [2.45, 2.75) is 6.42 Å². The minimum Gasteiger partial charge on any atom is -0.493 e. The smallest absolute Gasteiger partial charge is 0.322 e. The minimum atomic E-state index is -1.08. The molecule has 0 heterocycles. The van der Waals surface area contributed by atoms with E-state index in [-0.39, 0.29) is 0 Å². The van der Waals surface area contributed by atoms with Crippen molar-refractivity contribution >= 4 is 23.5 Å². The molecule has 1 amide bonds. The second kappa shape index (κ2) is 8.19. The summed E-state index contributed by atoms with van der Waals surface area (Å²) in [7, 11) is 0. The van der Waals surface area contributed by atoms with Gasteiger partial charge in [0.2, 0.25) is 0 Å². The van der Waals surface area contributed by atoms with Crippen LogP contribution in [0.15, 0.2) is 48.5 Å². The van der Waals surface area contributed by atoms with Crippen LogP contribution in [0.5, 0.6) is 5.75 Å². The summed E-state index contributed by atoms with van der Waals surface area (Å²) in [6.07, 6.45) is 0.748. The van der Waals surface area contributed by atoms with Gasteiger partial charge in [-0.05, 0) is 42.0 Å². The number of benzene rings is 2. The maximum Gasteiger partial charge on any atom is 0.322 e. The molecule has 0 fully saturated rings. The van der Waals surface area contributed by atoms with Crippen LogP contribution >= 0.6 is 11.6 Å². The van der Waals surface area contributed by atoms with Crippen molar-refractivity contribution < 1.29 is 19.4 Å². The van der Waals surface area contributed by atoms with Crippen LogP contribution in [0.3, 0.4) is 0 Å². The second-order valence-corrected chi connectivity index (χ2v) is 5.26. The highest BCUT2D eigenvalue weighted by molar-refractivity contribution is 6.30. The Morgan fingerprint density at radius 3 is 2.30 bits per heavy atom. The number of hydrogen-bond donors (Lipinski definition) is 2. The van der Waals surface area contributed by atoms with Crippen LogP contribution in [-0.4, -0.2) is 30.1 Å². The van der Waals surface area contributed by atoms with E-state index in [0.29, 0.717) is 22.9 Å². The standard InChI is InChI=1S/C17H16ClNO4/c18-14-5-1-12(2-6-14)9-10-23-15-7-3-13(4-8-15)17(22)19-11-16(20)21/h1-8H,9-11H2,(H,19,22)(H,20,21). The Morgan fingerprint density at radius 1 is 1.04 bits per heavy atom. The lowest BCUT2D eigenvalue weighted by Gasteiger charge is -2.07. The summed E-state index contributed by atoms with van der Waals surface area (Å²) in [5.41, 5.74) is 1.51. The number of ether oxygens (including phenoxy) is 1. The summed E-state index contributed by atoms with van der Waals surface area (Å²) < 4.78 is 5.61. The Balaban J connectivity index is 1.81. The molecule has 5 nitrogen and oxygen atoms in total. The van der Waals surface area contributed by atoms with E-state index in [2.05, 4.69) is 5.32 Å². The molecule has 120 valence electrons. The summed E-state index contributed by atoms with van der Waals surface area (Å²) >= 11 is 5.83. The van der Waals surface area contributed by atoms with Crippen LogP contribution in [0.2, 0.25) is 5.02 Å². The normalized spacial score (nSPS) is 10.1. The van der Waals surface area contributed by atoms with Gasteiger partial charge in [-0.3, -0.25) is 9.59 Å². The van der Waals surface area contributed by atoms with Gasteiger partial charge in [-0.1, -0.05) is 23.7 Å². The van der Waals surface area contributed by atoms with E-state index in [1.54, 1.807) is 24.3 Å². The zero-order chi connectivity index (χ0) is 16.7. The maximum absolute atomic E-state index is 11.7. The largest absolute Gasteiger partial charge is 0.493 e. The molecular weight excluding hydrogens is 318 g/mol. The van der Waals surface area contributed by atoms with Gasteiger partial charge in [0.15, 0.2) is 0 Å². The molecule has 0 saturated heterocycles. The fourth-order valence-corrected chi connectivity index (χ4v) is 2.02. The van der Waals surface area contributed by atoms with Crippen molar-refractivity contribution in [3.63, 3.8) is 0 Å². The van der Waals surface area contributed by atoms with Crippen molar-refractivity contribution in [1.29, 1.82) is 0 Å². The predicted molar refractivity (Wildman–Crippen MR) is 87.1 cm³/mol. The average Bonchev–Trinajstić information content (AvgIpc) is 2.55. The van der Waals surface area contributed by atoms with Gasteiger partial charge in [-0.15, -0.1) is 0 Å². The number of carbonyl (C=O) groups excluding carboxylic acids is 1. The van der Waals surface area contributed by atoms with E-state index in [4.69, 9.17) is 21.4 Å². The van der Waals surface area contributed by atoms with Gasteiger partial charge in [-0.25, -0.2) is 0 Å². The number of amides is 1. The maximum atomic E-state index is 11.7. The fourth-order valence-electron chi connectivity index (χ4n) is 1.90. The molecule has 2 rings (SSSR count). The Labute approximate surface area is 138 Å². The molecule has 0 saturated carbocycles. The van der Waals surface area contributed by atoms with Gasteiger partial charge >= 0.3 is 5.97 Å². The van der Waals surface area contributed by atoms with Crippen LogP contribution in [0.25, 0.3) is 0 Å². The van der Waals surface area contributed by atoms with Crippen LogP contribution in [0.1, 0.15) is 15.9 Å². The number of carbonyl (C=O) groups is 2. The molecule has 0 aliphatic carbocycles. The first kappa shape index (κ1) is 16.8. The molecule has 23 heavy (non-hydrogen) atoms. The van der Waals surface area contributed by atoms with E-state index in [1.807, 2.05) is 24.3 Å². The zero-order valence-corrected chi connectivity index (χ0v) is 13.0. The third kappa shape index (κ3) is 5.64. The summed E-state index contributed by atoms with van der Waals surface area (Å²) in [6, 6.07) is 14.1. The average molecular weight is 334 g/mol. The molecule has 0 bridgehead atoms. The summed E-state index contributed by atoms with van der Waals surface area (Å²) in [5, 5.41) is 11.5. The minimum absolute atomic E-state index is 0.385. The summed E-state index contributed by atoms with van der Waals surface area (Å²) in [4.78, 5) is 22.1. The molecule has 0 aliphatic rings. The third-order valence-corrected chi connectivity index (χ3v) is 3.34. The quantitative estimate of drug-likeness (QED) is 0.817. The molecule has 2 aromatic carbocycles. The van der Waals surface area contributed by atoms with E-state index >= 15 is 0 Å². The van der Waals surface area contributed by atoms with Crippen LogP contribution in [0, 0.1) is 0 Å². The first-order valence-electron chi connectivity index (χ1n) is 7.02. The Bertz CT molecular complexity index is 668. The van der Waals surface area contributed by atoms with Crippen molar-refractivity contribution in [3.05, 3.63) is 64.7 Å². The topological polar surface area (TPSA) is 75.6 Å². The number of aliphatic carboxylic acids is 1. The van der Waals surface area contributed by atoms with E-state index in [1.165, 1.54) is 0 Å². The molecule has 2 aromatic rings. The molecule has 2 N–H and O–H groups in total. The van der Waals surface area contributed by atoms with Crippen molar-refractivity contribution in [2.75, 3.05) is 13.2 Å². The van der Waals surface area contributed by atoms with Gasteiger partial charge in [0.05, 0.1) is 6.61 Å². The van der Waals surface area contributed by atoms with Gasteiger partial charge in [0.1, 0.15) is 12.3 Å². The number of nitrogens with one attached hydrogen (secondary N) is 1. The molecule has 0 aromatic heterocycles. The molecule has 0 aliphatic heterocycles. The first-order chi connectivity index (χ1) is 11.0. The number of carboxylic acids is 1. The highest BCUT2D eigenvalue weighted by Crippen LogP contribution is 2.14. The fraction of sp³-hybridized carbons (Fsp3) is 0.176. The number of halogens is 1. The van der Waals surface area contributed by atoms with Gasteiger partial charge in [-0.2, -0.15) is 0 Å². The molecule has 0 atom stereocenters. The lowest BCUT2D eigenvalue weighted by atomic mass is 10.2. The van der Waals surface area contributed by atoms with Crippen molar-refractivity contribution in [2.24, 2.45) is 0 Å². The lowest BCUT2D eigenvalue weighted by Crippen LogP contribution is -2.29. The van der Waals surface area contributed by atoms with Crippen LogP contribution in [-0.2, 0) is 11.2 Å². The Hall–Kier alpha value is -2.53. The monoisotopic (exact) mass is 333 g/mol. The van der Waals surface area contributed by atoms with Crippen molar-refractivity contribution in [3.8, 4) is 5.75 Å². The highest BCUT2D eigenvalue weighted by Gasteiger charge is 2.07. The number of hydrogen-bond acceptors (Lipinski definition) is 3. The Kier molecular flexibility index (Phi) is 6.00. The van der Waals surface area contributed by atoms with E-state index < -0.39 is 18.4 Å². The third-order valence-electron chi connectivity index (χ3n) is 3.09. The van der Waals surface area contributed by atoms with Gasteiger partial charge < -0.3 is 15.2 Å². The number of rotatable bonds is 7. The summed E-state index contributed by atoms with van der Waals surface area (Å²) in [6.45, 7) is 0.102. The molecular formula is C17H16ClNO4. The van der Waals surface area contributed by atoms with Gasteiger partial charge in [0.25, 0.3) is 5.91 Å². The molecule has 0 spiro atoms. The molecule has 6 heteroatoms.